The van der Waals surface area contributed by atoms with Gasteiger partial charge in [-0.25, -0.2) is 8.42 Å². The number of rotatable bonds is 5. The number of benzene rings is 1. The average molecular weight is 336 g/mol. The molecule has 0 radical (unpaired) electrons. The molecule has 124 valence electrons. The van der Waals surface area contributed by atoms with Crippen LogP contribution in [0, 0.1) is 6.92 Å². The summed E-state index contributed by atoms with van der Waals surface area (Å²) in [7, 11) is -1.48. The molecule has 7 nitrogen and oxygen atoms in total. The minimum atomic E-state index is -3.33. The zero-order valence-corrected chi connectivity index (χ0v) is 14.3. The number of carbonyl (C=O) groups excluding carboxylic acids is 1. The number of aryl methyl sites for hydroxylation is 1. The van der Waals surface area contributed by atoms with Crippen LogP contribution in [0.25, 0.3) is 0 Å². The van der Waals surface area contributed by atoms with Gasteiger partial charge in [0.05, 0.1) is 18.5 Å². The number of anilines is 1. The SMILES string of the molecule is Cc1c(C(C)NC(=O)c2ccc(NS(C)(=O)=O)cc2)cnn1C. The van der Waals surface area contributed by atoms with Crippen molar-refractivity contribution in [1.29, 1.82) is 0 Å². The molecule has 0 aliphatic heterocycles. The van der Waals surface area contributed by atoms with Gasteiger partial charge in [-0.3, -0.25) is 14.2 Å². The maximum atomic E-state index is 12.3. The number of sulfonamides is 1. The number of hydrogen-bond acceptors (Lipinski definition) is 4. The second-order valence-corrected chi connectivity index (χ2v) is 7.20. The predicted molar refractivity (Wildman–Crippen MR) is 88.7 cm³/mol. The first-order chi connectivity index (χ1) is 10.7. The number of carbonyl (C=O) groups is 1. The molecule has 1 unspecified atom stereocenters. The molecule has 0 spiro atoms. The van der Waals surface area contributed by atoms with Gasteiger partial charge in [-0.2, -0.15) is 5.10 Å². The lowest BCUT2D eigenvalue weighted by molar-refractivity contribution is 0.0940. The lowest BCUT2D eigenvalue weighted by Gasteiger charge is -2.14. The number of aromatic nitrogens is 2. The molecule has 0 aliphatic rings. The normalized spacial score (nSPS) is 12.7. The highest BCUT2D eigenvalue weighted by Gasteiger charge is 2.15. The van der Waals surface area contributed by atoms with Gasteiger partial charge in [0, 0.05) is 29.6 Å². The minimum Gasteiger partial charge on any atom is -0.345 e. The molecule has 0 saturated heterocycles. The number of nitrogens with one attached hydrogen (secondary N) is 2. The molecule has 1 heterocycles. The fourth-order valence-corrected chi connectivity index (χ4v) is 2.77. The summed E-state index contributed by atoms with van der Waals surface area (Å²) in [5, 5.41) is 7.07. The van der Waals surface area contributed by atoms with Crippen LogP contribution in [0.5, 0.6) is 0 Å². The Morgan fingerprint density at radius 1 is 1.26 bits per heavy atom. The van der Waals surface area contributed by atoms with Crippen LogP contribution >= 0.6 is 0 Å². The van der Waals surface area contributed by atoms with Gasteiger partial charge in [0.15, 0.2) is 0 Å². The van der Waals surface area contributed by atoms with E-state index in [0.29, 0.717) is 11.3 Å². The number of amides is 1. The molecule has 0 aliphatic carbocycles. The van der Waals surface area contributed by atoms with Crippen molar-refractivity contribution in [3.05, 3.63) is 47.3 Å². The summed E-state index contributed by atoms with van der Waals surface area (Å²) in [6, 6.07) is 6.08. The van der Waals surface area contributed by atoms with E-state index in [-0.39, 0.29) is 11.9 Å². The Kier molecular flexibility index (Phi) is 4.74. The fraction of sp³-hybridized carbons (Fsp3) is 0.333. The molecule has 2 aromatic rings. The number of nitrogens with zero attached hydrogens (tertiary/aromatic N) is 2. The van der Waals surface area contributed by atoms with Crippen LogP contribution in [-0.2, 0) is 17.1 Å². The molecule has 1 amide bonds. The third-order valence-electron chi connectivity index (χ3n) is 3.54. The van der Waals surface area contributed by atoms with Crippen LogP contribution < -0.4 is 10.0 Å². The Morgan fingerprint density at radius 3 is 2.35 bits per heavy atom. The molecule has 0 bridgehead atoms. The van der Waals surface area contributed by atoms with Gasteiger partial charge in [0.1, 0.15) is 0 Å². The molecule has 0 saturated carbocycles. The largest absolute Gasteiger partial charge is 0.345 e. The Balaban J connectivity index is 2.07. The van der Waals surface area contributed by atoms with E-state index >= 15 is 0 Å². The van der Waals surface area contributed by atoms with Gasteiger partial charge in [-0.15, -0.1) is 0 Å². The minimum absolute atomic E-state index is 0.176. The Bertz CT molecular complexity index is 810. The molecular formula is C15H20N4O3S. The van der Waals surface area contributed by atoms with Gasteiger partial charge in [-0.05, 0) is 38.1 Å². The molecule has 2 N–H and O–H groups in total. The van der Waals surface area contributed by atoms with Crippen molar-refractivity contribution in [3.8, 4) is 0 Å². The molecular weight excluding hydrogens is 316 g/mol. The van der Waals surface area contributed by atoms with Crippen molar-refractivity contribution in [2.24, 2.45) is 7.05 Å². The Morgan fingerprint density at radius 2 is 1.87 bits per heavy atom. The Labute approximate surface area is 135 Å². The van der Waals surface area contributed by atoms with Gasteiger partial charge >= 0.3 is 0 Å². The third-order valence-corrected chi connectivity index (χ3v) is 4.14. The summed E-state index contributed by atoms with van der Waals surface area (Å²) >= 11 is 0. The highest BCUT2D eigenvalue weighted by atomic mass is 32.2. The van der Waals surface area contributed by atoms with Crippen molar-refractivity contribution in [2.75, 3.05) is 11.0 Å². The van der Waals surface area contributed by atoms with Crippen LogP contribution in [0.4, 0.5) is 5.69 Å². The van der Waals surface area contributed by atoms with Crippen LogP contribution in [0.3, 0.4) is 0 Å². The second kappa shape index (κ2) is 6.41. The monoisotopic (exact) mass is 336 g/mol. The third kappa shape index (κ3) is 4.32. The highest BCUT2D eigenvalue weighted by Crippen LogP contribution is 2.17. The molecule has 1 aromatic carbocycles. The molecule has 1 aromatic heterocycles. The number of hydrogen-bond donors (Lipinski definition) is 2. The zero-order valence-electron chi connectivity index (χ0n) is 13.5. The summed E-state index contributed by atoms with van der Waals surface area (Å²) in [5.41, 5.74) is 2.82. The van der Waals surface area contributed by atoms with Crippen molar-refractivity contribution >= 4 is 21.6 Å². The van der Waals surface area contributed by atoms with E-state index in [1.165, 1.54) is 0 Å². The highest BCUT2D eigenvalue weighted by molar-refractivity contribution is 7.92. The predicted octanol–water partition coefficient (Wildman–Crippen LogP) is 1.59. The average Bonchev–Trinajstić information content (AvgIpc) is 2.78. The van der Waals surface area contributed by atoms with E-state index < -0.39 is 10.0 Å². The summed E-state index contributed by atoms with van der Waals surface area (Å²) in [6.45, 7) is 3.83. The van der Waals surface area contributed by atoms with E-state index in [9.17, 15) is 13.2 Å². The maximum absolute atomic E-state index is 12.3. The van der Waals surface area contributed by atoms with E-state index in [0.717, 1.165) is 17.5 Å². The van der Waals surface area contributed by atoms with Crippen molar-refractivity contribution in [3.63, 3.8) is 0 Å². The first-order valence-electron chi connectivity index (χ1n) is 7.04. The lowest BCUT2D eigenvalue weighted by atomic mass is 10.1. The van der Waals surface area contributed by atoms with E-state index in [4.69, 9.17) is 0 Å². The first kappa shape index (κ1) is 17.0. The molecule has 2 rings (SSSR count). The summed E-state index contributed by atoms with van der Waals surface area (Å²) in [6.07, 6.45) is 2.81. The van der Waals surface area contributed by atoms with Crippen LogP contribution in [0.15, 0.2) is 30.5 Å². The molecule has 1 atom stereocenters. The molecule has 0 fully saturated rings. The Hall–Kier alpha value is -2.35. The van der Waals surface area contributed by atoms with Gasteiger partial charge in [-0.1, -0.05) is 0 Å². The topological polar surface area (TPSA) is 93.1 Å². The first-order valence-corrected chi connectivity index (χ1v) is 8.94. The quantitative estimate of drug-likeness (QED) is 0.867. The summed E-state index contributed by atoms with van der Waals surface area (Å²) in [4.78, 5) is 12.3. The smallest absolute Gasteiger partial charge is 0.251 e. The van der Waals surface area contributed by atoms with Crippen LogP contribution in [-0.4, -0.2) is 30.4 Å². The molecule has 8 heteroatoms. The maximum Gasteiger partial charge on any atom is 0.251 e. The zero-order chi connectivity index (χ0) is 17.2. The molecule has 23 heavy (non-hydrogen) atoms. The standard InChI is InChI=1S/C15H20N4O3S/c1-10(14-9-16-19(3)11(14)2)17-15(20)12-5-7-13(8-6-12)18-23(4,21)22/h5-10,18H,1-4H3,(H,17,20). The van der Waals surface area contributed by atoms with E-state index in [1.807, 2.05) is 20.9 Å². The van der Waals surface area contributed by atoms with Crippen molar-refractivity contribution in [1.82, 2.24) is 15.1 Å². The van der Waals surface area contributed by atoms with Crippen LogP contribution in [0.2, 0.25) is 0 Å². The van der Waals surface area contributed by atoms with E-state index in [1.54, 1.807) is 35.1 Å². The van der Waals surface area contributed by atoms with E-state index in [2.05, 4.69) is 15.1 Å². The van der Waals surface area contributed by atoms with Gasteiger partial charge in [0.2, 0.25) is 10.0 Å². The van der Waals surface area contributed by atoms with Gasteiger partial charge in [0.25, 0.3) is 5.91 Å². The van der Waals surface area contributed by atoms with Crippen molar-refractivity contribution < 1.29 is 13.2 Å². The summed E-state index contributed by atoms with van der Waals surface area (Å²) in [5.74, 6) is -0.230. The van der Waals surface area contributed by atoms with Crippen LogP contribution in [0.1, 0.15) is 34.6 Å². The van der Waals surface area contributed by atoms with Gasteiger partial charge < -0.3 is 5.32 Å². The fourth-order valence-electron chi connectivity index (χ4n) is 2.20. The van der Waals surface area contributed by atoms with Crippen molar-refractivity contribution in [2.45, 2.75) is 19.9 Å². The lowest BCUT2D eigenvalue weighted by Crippen LogP contribution is -2.26. The summed E-state index contributed by atoms with van der Waals surface area (Å²) < 4.78 is 26.4. The second-order valence-electron chi connectivity index (χ2n) is 5.46.